The Labute approximate surface area is 144 Å². The van der Waals surface area contributed by atoms with Crippen molar-refractivity contribution in [3.05, 3.63) is 77.1 Å². The predicted octanol–water partition coefficient (Wildman–Crippen LogP) is 4.50. The molecule has 2 amide bonds. The minimum absolute atomic E-state index is 0.203. The first-order chi connectivity index (χ1) is 11.7. The maximum atomic E-state index is 12.3. The molecule has 3 rings (SSSR count). The fourth-order valence-corrected chi connectivity index (χ4v) is 3.23. The third-order valence-corrected chi connectivity index (χ3v) is 4.54. The van der Waals surface area contributed by atoms with E-state index in [0.29, 0.717) is 17.2 Å². The summed E-state index contributed by atoms with van der Waals surface area (Å²) in [5, 5.41) is -0.203. The minimum atomic E-state index is -0.220. The van der Waals surface area contributed by atoms with Gasteiger partial charge < -0.3 is 4.42 Å². The van der Waals surface area contributed by atoms with Crippen molar-refractivity contribution in [1.29, 1.82) is 0 Å². The van der Waals surface area contributed by atoms with Gasteiger partial charge in [-0.2, -0.15) is 0 Å². The lowest BCUT2D eigenvalue weighted by molar-refractivity contribution is -0.122. The topological polar surface area (TPSA) is 50.5 Å². The van der Waals surface area contributed by atoms with Gasteiger partial charge in [-0.05, 0) is 54.5 Å². The molecule has 0 radical (unpaired) electrons. The van der Waals surface area contributed by atoms with Crippen LogP contribution < -0.4 is 0 Å². The average molecular weight is 339 g/mol. The number of amides is 2. The fraction of sp³-hybridized carbons (Fsp3) is 0.158. The molecule has 0 saturated carbocycles. The van der Waals surface area contributed by atoms with Gasteiger partial charge in [0.05, 0.1) is 11.2 Å². The number of carbonyl (C=O) groups excluding carboxylic acids is 2. The first kappa shape index (κ1) is 16.3. The zero-order chi connectivity index (χ0) is 16.8. The summed E-state index contributed by atoms with van der Waals surface area (Å²) in [7, 11) is 0. The lowest BCUT2D eigenvalue weighted by Crippen LogP contribution is -2.29. The molecule has 0 aliphatic carbocycles. The molecule has 24 heavy (non-hydrogen) atoms. The molecule has 0 N–H and O–H groups in total. The Morgan fingerprint density at radius 3 is 2.67 bits per heavy atom. The van der Waals surface area contributed by atoms with Gasteiger partial charge in [-0.1, -0.05) is 36.4 Å². The Morgan fingerprint density at radius 1 is 1.08 bits per heavy atom. The summed E-state index contributed by atoms with van der Waals surface area (Å²) < 4.78 is 5.18. The second-order valence-electron chi connectivity index (χ2n) is 5.32. The van der Waals surface area contributed by atoms with Crippen LogP contribution in [0.25, 0.3) is 6.08 Å². The number of hydrogen-bond acceptors (Lipinski definition) is 4. The molecule has 1 aromatic carbocycles. The van der Waals surface area contributed by atoms with Crippen molar-refractivity contribution in [3.8, 4) is 0 Å². The number of rotatable bonds is 6. The van der Waals surface area contributed by atoms with Crippen molar-refractivity contribution in [3.63, 3.8) is 0 Å². The molecule has 0 unspecified atom stereocenters. The third kappa shape index (κ3) is 4.06. The van der Waals surface area contributed by atoms with E-state index in [1.54, 1.807) is 30.6 Å². The number of benzene rings is 1. The number of nitrogens with zero attached hydrogens (tertiary/aromatic N) is 1. The van der Waals surface area contributed by atoms with E-state index in [-0.39, 0.29) is 11.1 Å². The molecule has 0 atom stereocenters. The second kappa shape index (κ2) is 7.84. The molecule has 0 spiro atoms. The Balaban J connectivity index is 1.55. The van der Waals surface area contributed by atoms with Crippen LogP contribution in [0.5, 0.6) is 0 Å². The maximum absolute atomic E-state index is 12.3. The SMILES string of the molecule is O=C1SC(=CC=Cc2ccco2)C(=O)N1CCCc1ccccc1. The summed E-state index contributed by atoms with van der Waals surface area (Å²) in [5.74, 6) is 0.482. The average Bonchev–Trinajstić information content (AvgIpc) is 3.19. The van der Waals surface area contributed by atoms with E-state index < -0.39 is 0 Å². The molecule has 1 saturated heterocycles. The zero-order valence-electron chi connectivity index (χ0n) is 13.1. The van der Waals surface area contributed by atoms with E-state index in [9.17, 15) is 9.59 Å². The van der Waals surface area contributed by atoms with E-state index in [1.807, 2.05) is 36.4 Å². The number of thioether (sulfide) groups is 1. The molecule has 2 heterocycles. The second-order valence-corrected chi connectivity index (χ2v) is 6.31. The zero-order valence-corrected chi connectivity index (χ0v) is 13.9. The van der Waals surface area contributed by atoms with Crippen LogP contribution in [-0.4, -0.2) is 22.6 Å². The molecule has 1 aliphatic heterocycles. The number of hydrogen-bond donors (Lipinski definition) is 0. The van der Waals surface area contributed by atoms with E-state index in [1.165, 1.54) is 10.5 Å². The van der Waals surface area contributed by atoms with Crippen molar-refractivity contribution in [2.45, 2.75) is 12.8 Å². The number of imide groups is 1. The number of carbonyl (C=O) groups is 2. The molecule has 1 aliphatic rings. The summed E-state index contributed by atoms with van der Waals surface area (Å²) in [6, 6.07) is 13.7. The van der Waals surface area contributed by atoms with Gasteiger partial charge in [0.25, 0.3) is 11.1 Å². The Morgan fingerprint density at radius 2 is 1.92 bits per heavy atom. The number of furan rings is 1. The standard InChI is InChI=1S/C19H17NO3S/c21-18-17(12-4-10-16-11-6-14-23-16)24-19(22)20(18)13-5-9-15-7-2-1-3-8-15/h1-4,6-8,10-12,14H,5,9,13H2. The molecule has 5 heteroatoms. The van der Waals surface area contributed by atoms with E-state index >= 15 is 0 Å². The van der Waals surface area contributed by atoms with Gasteiger partial charge >= 0.3 is 0 Å². The molecule has 4 nitrogen and oxygen atoms in total. The van der Waals surface area contributed by atoms with Crippen molar-refractivity contribution >= 4 is 29.0 Å². The molecular weight excluding hydrogens is 322 g/mol. The van der Waals surface area contributed by atoms with Gasteiger partial charge in [-0.25, -0.2) is 0 Å². The lowest BCUT2D eigenvalue weighted by Gasteiger charge is -2.11. The predicted molar refractivity (Wildman–Crippen MR) is 95.3 cm³/mol. The Bertz CT molecular complexity index is 763. The number of aryl methyl sites for hydroxylation is 1. The summed E-state index contributed by atoms with van der Waals surface area (Å²) in [5.41, 5.74) is 1.21. The summed E-state index contributed by atoms with van der Waals surface area (Å²) >= 11 is 0.982. The number of allylic oxidation sites excluding steroid dienone is 2. The van der Waals surface area contributed by atoms with Crippen LogP contribution in [0, 0.1) is 0 Å². The maximum Gasteiger partial charge on any atom is 0.293 e. The monoisotopic (exact) mass is 339 g/mol. The van der Waals surface area contributed by atoms with Gasteiger partial charge in [-0.3, -0.25) is 14.5 Å². The van der Waals surface area contributed by atoms with E-state index in [0.717, 1.165) is 24.6 Å². The van der Waals surface area contributed by atoms with Crippen LogP contribution in [0.1, 0.15) is 17.7 Å². The normalized spacial score (nSPS) is 16.7. The van der Waals surface area contributed by atoms with E-state index in [4.69, 9.17) is 4.42 Å². The van der Waals surface area contributed by atoms with E-state index in [2.05, 4.69) is 0 Å². The third-order valence-electron chi connectivity index (χ3n) is 3.61. The summed E-state index contributed by atoms with van der Waals surface area (Å²) in [6.07, 6.45) is 8.33. The highest BCUT2D eigenvalue weighted by atomic mass is 32.2. The molecule has 2 aromatic rings. The van der Waals surface area contributed by atoms with Gasteiger partial charge in [0.1, 0.15) is 5.76 Å². The van der Waals surface area contributed by atoms with Crippen LogP contribution in [0.3, 0.4) is 0 Å². The van der Waals surface area contributed by atoms with Crippen molar-refractivity contribution in [1.82, 2.24) is 4.90 Å². The smallest absolute Gasteiger partial charge is 0.293 e. The summed E-state index contributed by atoms with van der Waals surface area (Å²) in [4.78, 5) is 26.1. The quantitative estimate of drug-likeness (QED) is 0.727. The molecule has 1 fully saturated rings. The molecule has 0 bridgehead atoms. The van der Waals surface area contributed by atoms with Crippen LogP contribution in [-0.2, 0) is 11.2 Å². The Hall–Kier alpha value is -2.53. The van der Waals surface area contributed by atoms with Crippen molar-refractivity contribution < 1.29 is 14.0 Å². The van der Waals surface area contributed by atoms with Gasteiger partial charge in [0.2, 0.25) is 0 Å². The largest absolute Gasteiger partial charge is 0.465 e. The first-order valence-electron chi connectivity index (χ1n) is 7.73. The molecule has 122 valence electrons. The van der Waals surface area contributed by atoms with Crippen molar-refractivity contribution in [2.75, 3.05) is 6.54 Å². The van der Waals surface area contributed by atoms with Gasteiger partial charge in [0.15, 0.2) is 0 Å². The minimum Gasteiger partial charge on any atom is -0.465 e. The first-order valence-corrected chi connectivity index (χ1v) is 8.55. The summed E-state index contributed by atoms with van der Waals surface area (Å²) in [6.45, 7) is 0.443. The lowest BCUT2D eigenvalue weighted by atomic mass is 10.1. The highest BCUT2D eigenvalue weighted by molar-refractivity contribution is 8.18. The van der Waals surface area contributed by atoms with Gasteiger partial charge in [-0.15, -0.1) is 0 Å². The van der Waals surface area contributed by atoms with Crippen molar-refractivity contribution in [2.24, 2.45) is 0 Å². The Kier molecular flexibility index (Phi) is 5.33. The van der Waals surface area contributed by atoms with Crippen LogP contribution in [0.2, 0.25) is 0 Å². The highest BCUT2D eigenvalue weighted by Gasteiger charge is 2.34. The van der Waals surface area contributed by atoms with Crippen LogP contribution in [0.4, 0.5) is 4.79 Å². The van der Waals surface area contributed by atoms with Crippen LogP contribution >= 0.6 is 11.8 Å². The van der Waals surface area contributed by atoms with Gasteiger partial charge in [0, 0.05) is 6.54 Å². The highest BCUT2D eigenvalue weighted by Crippen LogP contribution is 2.30. The molecular formula is C19H17NO3S. The van der Waals surface area contributed by atoms with Crippen LogP contribution in [0.15, 0.2) is 70.2 Å². The molecule has 1 aromatic heterocycles. The fourth-order valence-electron chi connectivity index (χ4n) is 2.41.